The molecule has 0 aromatic carbocycles. The second-order valence-corrected chi connectivity index (χ2v) is 6.25. The molecule has 10 heteroatoms. The molecule has 0 aliphatic carbocycles. The fourth-order valence-electron chi connectivity index (χ4n) is 3.08. The Morgan fingerprint density at radius 1 is 1.27 bits per heavy atom. The number of pyridine rings is 1. The van der Waals surface area contributed by atoms with Crippen molar-refractivity contribution in [1.82, 2.24) is 24.8 Å². The van der Waals surface area contributed by atoms with E-state index in [-0.39, 0.29) is 48.1 Å². The summed E-state index contributed by atoms with van der Waals surface area (Å²) in [6.45, 7) is 3.44. The van der Waals surface area contributed by atoms with E-state index in [1.807, 2.05) is 0 Å². The molecule has 0 radical (unpaired) electrons. The number of nitrogens with zero attached hydrogens (tertiary/aromatic N) is 3. The molecule has 0 saturated carbocycles. The summed E-state index contributed by atoms with van der Waals surface area (Å²) in [7, 11) is 2.98. The van der Waals surface area contributed by atoms with Gasteiger partial charge in [0.2, 0.25) is 0 Å². The van der Waals surface area contributed by atoms with E-state index in [4.69, 9.17) is 0 Å². The van der Waals surface area contributed by atoms with Gasteiger partial charge in [-0.25, -0.2) is 9.78 Å². The van der Waals surface area contributed by atoms with Crippen LogP contribution in [0, 0.1) is 6.92 Å². The summed E-state index contributed by atoms with van der Waals surface area (Å²) in [6, 6.07) is 1.66. The van der Waals surface area contributed by atoms with Gasteiger partial charge in [-0.3, -0.25) is 18.7 Å². The lowest BCUT2D eigenvalue weighted by Gasteiger charge is -2.23. The normalized spacial score (nSPS) is 16.5. The number of halogens is 2. The van der Waals surface area contributed by atoms with Crippen LogP contribution in [-0.4, -0.2) is 39.2 Å². The average Bonchev–Trinajstić information content (AvgIpc) is 2.58. The molecule has 3 heterocycles. The zero-order valence-electron chi connectivity index (χ0n) is 14.9. The molecule has 0 spiro atoms. The number of aromatic nitrogens is 3. The van der Waals surface area contributed by atoms with E-state index in [0.29, 0.717) is 10.9 Å². The zero-order chi connectivity index (χ0) is 17.4. The van der Waals surface area contributed by atoms with Gasteiger partial charge in [-0.05, 0) is 37.9 Å². The smallest absolute Gasteiger partial charge is 0.332 e. The largest absolute Gasteiger partial charge is 0.347 e. The molecule has 0 bridgehead atoms. The maximum absolute atomic E-state index is 12.5. The highest BCUT2D eigenvalue weighted by Crippen LogP contribution is 2.13. The minimum absolute atomic E-state index is 0. The molecule has 8 nitrogen and oxygen atoms in total. The van der Waals surface area contributed by atoms with Crippen molar-refractivity contribution in [1.29, 1.82) is 0 Å². The summed E-state index contributed by atoms with van der Waals surface area (Å²) in [6.07, 6.45) is 1.93. The predicted octanol–water partition coefficient (Wildman–Crippen LogP) is 0.266. The predicted molar refractivity (Wildman–Crippen MR) is 105 cm³/mol. The third-order valence-electron chi connectivity index (χ3n) is 4.47. The summed E-state index contributed by atoms with van der Waals surface area (Å²) in [5.74, 6) is -0.290. The van der Waals surface area contributed by atoms with E-state index in [2.05, 4.69) is 15.6 Å². The highest BCUT2D eigenvalue weighted by atomic mass is 35.5. The van der Waals surface area contributed by atoms with Gasteiger partial charge in [0.05, 0.1) is 5.39 Å². The lowest BCUT2D eigenvalue weighted by atomic mass is 10.1. The molecule has 1 atom stereocenters. The van der Waals surface area contributed by atoms with Crippen molar-refractivity contribution >= 4 is 41.8 Å². The van der Waals surface area contributed by atoms with Crippen molar-refractivity contribution in [3.05, 3.63) is 38.2 Å². The number of fused-ring (bicyclic) bond motifs is 1. The number of amides is 1. The molecule has 2 aromatic rings. The van der Waals surface area contributed by atoms with Crippen molar-refractivity contribution in [2.45, 2.75) is 25.8 Å². The Morgan fingerprint density at radius 3 is 2.58 bits per heavy atom. The van der Waals surface area contributed by atoms with E-state index in [1.165, 1.54) is 11.6 Å². The van der Waals surface area contributed by atoms with Crippen molar-refractivity contribution in [2.75, 3.05) is 13.1 Å². The molecule has 2 aromatic heterocycles. The summed E-state index contributed by atoms with van der Waals surface area (Å²) < 4.78 is 2.34. The fraction of sp³-hybridized carbons (Fsp3) is 0.500. The van der Waals surface area contributed by atoms with Gasteiger partial charge < -0.3 is 10.6 Å². The Kier molecular flexibility index (Phi) is 7.37. The third kappa shape index (κ3) is 3.92. The fourth-order valence-corrected chi connectivity index (χ4v) is 3.08. The Morgan fingerprint density at radius 2 is 1.96 bits per heavy atom. The monoisotopic (exact) mass is 403 g/mol. The minimum atomic E-state index is -0.464. The van der Waals surface area contributed by atoms with Crippen molar-refractivity contribution in [2.24, 2.45) is 14.1 Å². The summed E-state index contributed by atoms with van der Waals surface area (Å²) in [5, 5.41) is 6.55. The van der Waals surface area contributed by atoms with E-state index in [0.717, 1.165) is 30.5 Å². The van der Waals surface area contributed by atoms with Gasteiger partial charge in [-0.2, -0.15) is 0 Å². The first-order valence-corrected chi connectivity index (χ1v) is 7.99. The average molecular weight is 404 g/mol. The van der Waals surface area contributed by atoms with E-state index < -0.39 is 11.2 Å². The maximum atomic E-state index is 12.5. The third-order valence-corrected chi connectivity index (χ3v) is 4.47. The highest BCUT2D eigenvalue weighted by Gasteiger charge is 2.20. The number of carbonyl (C=O) groups excluding carboxylic acids is 1. The second kappa shape index (κ2) is 8.66. The maximum Gasteiger partial charge on any atom is 0.332 e. The van der Waals surface area contributed by atoms with Crippen LogP contribution in [0.2, 0.25) is 0 Å². The van der Waals surface area contributed by atoms with Crippen LogP contribution in [0.3, 0.4) is 0 Å². The van der Waals surface area contributed by atoms with Crippen molar-refractivity contribution < 1.29 is 4.79 Å². The Balaban J connectivity index is 0.00000169. The molecule has 144 valence electrons. The Bertz CT molecular complexity index is 932. The van der Waals surface area contributed by atoms with Gasteiger partial charge in [-0.15, -0.1) is 24.8 Å². The molecular weight excluding hydrogens is 381 g/mol. The van der Waals surface area contributed by atoms with Crippen LogP contribution in [0.1, 0.15) is 28.9 Å². The number of hydrogen-bond donors (Lipinski definition) is 2. The number of nitrogens with one attached hydrogen (secondary N) is 2. The van der Waals surface area contributed by atoms with Crippen LogP contribution in [-0.2, 0) is 14.1 Å². The van der Waals surface area contributed by atoms with Gasteiger partial charge in [0.15, 0.2) is 0 Å². The van der Waals surface area contributed by atoms with Crippen molar-refractivity contribution in [3.8, 4) is 0 Å². The standard InChI is InChI=1S/C16H21N5O3.2ClH/c1-9-7-11(14(22)18-10-5-4-6-17-8-10)19-13-12(9)15(23)21(3)16(24)20(13)2;;/h7,10,17H,4-6,8H2,1-3H3,(H,18,22);2*1H/t10-;;/m0../s1. The van der Waals surface area contributed by atoms with Crippen LogP contribution in [0.25, 0.3) is 11.0 Å². The molecule has 1 aliphatic rings. The Labute approximate surface area is 162 Å². The number of rotatable bonds is 2. The number of aryl methyl sites for hydroxylation is 2. The molecule has 26 heavy (non-hydrogen) atoms. The van der Waals surface area contributed by atoms with Gasteiger partial charge in [0, 0.05) is 26.7 Å². The summed E-state index contributed by atoms with van der Waals surface area (Å²) in [4.78, 5) is 41.2. The van der Waals surface area contributed by atoms with Gasteiger partial charge >= 0.3 is 5.69 Å². The first-order chi connectivity index (χ1) is 11.4. The van der Waals surface area contributed by atoms with E-state index >= 15 is 0 Å². The molecule has 1 fully saturated rings. The van der Waals surface area contributed by atoms with Crippen LogP contribution >= 0.6 is 24.8 Å². The second-order valence-electron chi connectivity index (χ2n) is 6.25. The number of carbonyl (C=O) groups is 1. The molecule has 1 aliphatic heterocycles. The van der Waals surface area contributed by atoms with Crippen LogP contribution in [0.4, 0.5) is 0 Å². The van der Waals surface area contributed by atoms with Gasteiger partial charge in [0.1, 0.15) is 11.3 Å². The molecule has 3 rings (SSSR count). The SMILES string of the molecule is Cc1cc(C(=O)N[C@H]2CCCNC2)nc2c1c(=O)n(C)c(=O)n2C.Cl.Cl. The quantitative estimate of drug-likeness (QED) is 0.749. The van der Waals surface area contributed by atoms with Crippen LogP contribution in [0.15, 0.2) is 15.7 Å². The lowest BCUT2D eigenvalue weighted by molar-refractivity contribution is 0.0926. The number of piperidine rings is 1. The van der Waals surface area contributed by atoms with Crippen LogP contribution in [0.5, 0.6) is 0 Å². The first kappa shape index (κ1) is 22.1. The van der Waals surface area contributed by atoms with Gasteiger partial charge in [-0.1, -0.05) is 0 Å². The highest BCUT2D eigenvalue weighted by molar-refractivity contribution is 5.95. The molecule has 1 amide bonds. The number of hydrogen-bond acceptors (Lipinski definition) is 5. The van der Waals surface area contributed by atoms with Crippen molar-refractivity contribution in [3.63, 3.8) is 0 Å². The summed E-state index contributed by atoms with van der Waals surface area (Å²) >= 11 is 0. The molecule has 0 unspecified atom stereocenters. The van der Waals surface area contributed by atoms with E-state index in [1.54, 1.807) is 20.0 Å². The lowest BCUT2D eigenvalue weighted by Crippen LogP contribution is -2.46. The summed E-state index contributed by atoms with van der Waals surface area (Å²) in [5.41, 5.74) is 0.210. The zero-order valence-corrected chi connectivity index (χ0v) is 16.5. The Hall–Kier alpha value is -1.90. The molecule has 1 saturated heterocycles. The molecule has 2 N–H and O–H groups in total. The van der Waals surface area contributed by atoms with Crippen LogP contribution < -0.4 is 21.9 Å². The minimum Gasteiger partial charge on any atom is -0.347 e. The topological polar surface area (TPSA) is 98.0 Å². The van der Waals surface area contributed by atoms with E-state index in [9.17, 15) is 14.4 Å². The molecular formula is C16H23Cl2N5O3. The first-order valence-electron chi connectivity index (χ1n) is 7.99. The van der Waals surface area contributed by atoms with Gasteiger partial charge in [0.25, 0.3) is 11.5 Å².